The van der Waals surface area contributed by atoms with Crippen LogP contribution in [0.5, 0.6) is 0 Å². The minimum Gasteiger partial charge on any atom is -0.350 e. The summed E-state index contributed by atoms with van der Waals surface area (Å²) in [5.41, 5.74) is 2.29. The lowest BCUT2D eigenvalue weighted by Crippen LogP contribution is -2.28. The molecule has 0 radical (unpaired) electrons. The van der Waals surface area contributed by atoms with Gasteiger partial charge < -0.3 is 5.32 Å². The average molecular weight is 383 g/mol. The first-order valence-electron chi connectivity index (χ1n) is 9.55. The molecule has 4 aromatic rings. The summed E-state index contributed by atoms with van der Waals surface area (Å²) < 4.78 is 1.39. The molecule has 29 heavy (non-hydrogen) atoms. The predicted molar refractivity (Wildman–Crippen MR) is 117 cm³/mol. The molecule has 1 aromatic heterocycles. The van der Waals surface area contributed by atoms with Crippen molar-refractivity contribution in [2.45, 2.75) is 20.4 Å². The Hall–Kier alpha value is -3.73. The van der Waals surface area contributed by atoms with Gasteiger partial charge in [-0.25, -0.2) is 4.68 Å². The van der Waals surface area contributed by atoms with Gasteiger partial charge in [0.1, 0.15) is 11.4 Å². The SMILES string of the molecule is CCn1nc(-c2ccccc2)c(C(C)=O)c(Nc2ccc3ccccc3c2)c1=O. The lowest BCUT2D eigenvalue weighted by Gasteiger charge is -2.16. The van der Waals surface area contributed by atoms with Crippen molar-refractivity contribution in [2.24, 2.45) is 0 Å². The second-order valence-electron chi connectivity index (χ2n) is 6.83. The molecule has 4 rings (SSSR count). The molecule has 5 nitrogen and oxygen atoms in total. The Morgan fingerprint density at radius 1 is 0.966 bits per heavy atom. The molecule has 0 atom stereocenters. The van der Waals surface area contributed by atoms with Crippen LogP contribution in [-0.2, 0) is 6.54 Å². The van der Waals surface area contributed by atoms with Crippen LogP contribution in [0.15, 0.2) is 77.6 Å². The fraction of sp³-hybridized carbons (Fsp3) is 0.125. The molecule has 0 amide bonds. The number of anilines is 2. The summed E-state index contributed by atoms with van der Waals surface area (Å²) in [6.45, 7) is 3.73. The molecule has 0 aliphatic carbocycles. The number of carbonyl (C=O) groups is 1. The summed E-state index contributed by atoms with van der Waals surface area (Å²) in [7, 11) is 0. The second kappa shape index (κ2) is 7.72. The van der Waals surface area contributed by atoms with Crippen LogP contribution in [-0.4, -0.2) is 15.6 Å². The minimum atomic E-state index is -0.314. The maximum Gasteiger partial charge on any atom is 0.291 e. The monoisotopic (exact) mass is 383 g/mol. The van der Waals surface area contributed by atoms with Crippen molar-refractivity contribution >= 4 is 27.9 Å². The number of hydrogen-bond acceptors (Lipinski definition) is 4. The van der Waals surface area contributed by atoms with Crippen LogP contribution in [0.1, 0.15) is 24.2 Å². The minimum absolute atomic E-state index is 0.208. The lowest BCUT2D eigenvalue weighted by molar-refractivity contribution is 0.101. The number of hydrogen-bond donors (Lipinski definition) is 1. The van der Waals surface area contributed by atoms with E-state index < -0.39 is 0 Å². The van der Waals surface area contributed by atoms with Crippen LogP contribution < -0.4 is 10.9 Å². The third-order valence-corrected chi connectivity index (χ3v) is 4.87. The molecule has 0 unspecified atom stereocenters. The number of aryl methyl sites for hydroxylation is 1. The molecule has 144 valence electrons. The molecule has 0 fully saturated rings. The lowest BCUT2D eigenvalue weighted by atomic mass is 10.0. The van der Waals surface area contributed by atoms with Crippen LogP contribution in [0.3, 0.4) is 0 Å². The standard InChI is InChI=1S/C24H21N3O2/c1-3-27-24(29)23(25-20-14-13-17-9-7-8-12-19(17)15-20)21(16(2)28)22(26-27)18-10-5-4-6-11-18/h4-15,25H,3H2,1-2H3. The fourth-order valence-electron chi connectivity index (χ4n) is 3.45. The van der Waals surface area contributed by atoms with Crippen molar-refractivity contribution < 1.29 is 4.79 Å². The first-order chi connectivity index (χ1) is 14.1. The van der Waals surface area contributed by atoms with Crippen LogP contribution >= 0.6 is 0 Å². The Bertz CT molecular complexity index is 1260. The molecule has 3 aromatic carbocycles. The van der Waals surface area contributed by atoms with Gasteiger partial charge in [-0.2, -0.15) is 5.10 Å². The Balaban J connectivity index is 1.93. The Labute approximate surface area is 168 Å². The number of fused-ring (bicyclic) bond motifs is 1. The number of rotatable bonds is 5. The van der Waals surface area contributed by atoms with Gasteiger partial charge >= 0.3 is 0 Å². The van der Waals surface area contributed by atoms with E-state index in [1.54, 1.807) is 0 Å². The summed E-state index contributed by atoms with van der Waals surface area (Å²) in [6, 6.07) is 23.3. The van der Waals surface area contributed by atoms with E-state index in [2.05, 4.69) is 10.4 Å². The van der Waals surface area contributed by atoms with E-state index >= 15 is 0 Å². The zero-order valence-electron chi connectivity index (χ0n) is 16.3. The van der Waals surface area contributed by atoms with E-state index in [1.807, 2.05) is 79.7 Å². The van der Waals surface area contributed by atoms with Crippen LogP contribution in [0.4, 0.5) is 11.4 Å². The molecule has 1 N–H and O–H groups in total. The van der Waals surface area contributed by atoms with E-state index in [4.69, 9.17) is 0 Å². The van der Waals surface area contributed by atoms with Crippen LogP contribution in [0.25, 0.3) is 22.0 Å². The zero-order valence-corrected chi connectivity index (χ0v) is 16.3. The van der Waals surface area contributed by atoms with Crippen molar-refractivity contribution in [1.82, 2.24) is 9.78 Å². The van der Waals surface area contributed by atoms with Crippen molar-refractivity contribution in [3.63, 3.8) is 0 Å². The predicted octanol–water partition coefficient (Wildman–Crippen LogP) is 5.03. The largest absolute Gasteiger partial charge is 0.350 e. The number of carbonyl (C=O) groups excluding carboxylic acids is 1. The number of aromatic nitrogens is 2. The molecule has 5 heteroatoms. The van der Waals surface area contributed by atoms with Gasteiger partial charge in [-0.05, 0) is 36.8 Å². The second-order valence-corrected chi connectivity index (χ2v) is 6.83. The number of nitrogens with one attached hydrogen (secondary N) is 1. The topological polar surface area (TPSA) is 64.0 Å². The van der Waals surface area contributed by atoms with Gasteiger partial charge in [0.05, 0.1) is 5.56 Å². The molecule has 0 saturated carbocycles. The molecule has 0 spiro atoms. The molecule has 0 aliphatic heterocycles. The van der Waals surface area contributed by atoms with Crippen molar-refractivity contribution in [3.8, 4) is 11.3 Å². The summed E-state index contributed by atoms with van der Waals surface area (Å²) in [4.78, 5) is 25.6. The van der Waals surface area contributed by atoms with E-state index in [-0.39, 0.29) is 17.0 Å². The molecule has 0 bridgehead atoms. The summed E-state index contributed by atoms with van der Waals surface area (Å²) in [5, 5.41) is 9.84. The van der Waals surface area contributed by atoms with Gasteiger partial charge in [0.2, 0.25) is 0 Å². The van der Waals surface area contributed by atoms with E-state index in [0.29, 0.717) is 17.8 Å². The normalized spacial score (nSPS) is 10.8. The van der Waals surface area contributed by atoms with Gasteiger partial charge in [0.15, 0.2) is 5.78 Å². The van der Waals surface area contributed by atoms with Crippen LogP contribution in [0.2, 0.25) is 0 Å². The highest BCUT2D eigenvalue weighted by Gasteiger charge is 2.21. The molecule has 0 saturated heterocycles. The summed E-state index contributed by atoms with van der Waals surface area (Å²) in [5.74, 6) is -0.208. The fourth-order valence-corrected chi connectivity index (χ4v) is 3.45. The maximum atomic E-state index is 13.1. The highest BCUT2D eigenvalue weighted by Crippen LogP contribution is 2.28. The van der Waals surface area contributed by atoms with E-state index in [0.717, 1.165) is 22.0 Å². The number of Topliss-reactive ketones (excluding diaryl/α,β-unsaturated/α-hetero) is 1. The van der Waals surface area contributed by atoms with Gasteiger partial charge in [-0.15, -0.1) is 0 Å². The highest BCUT2D eigenvalue weighted by molar-refractivity contribution is 6.05. The first kappa shape index (κ1) is 18.6. The average Bonchev–Trinajstić information content (AvgIpc) is 2.75. The zero-order chi connectivity index (χ0) is 20.4. The first-order valence-corrected chi connectivity index (χ1v) is 9.55. The molecule has 0 aliphatic rings. The van der Waals surface area contributed by atoms with Gasteiger partial charge in [0, 0.05) is 17.8 Å². The Kier molecular flexibility index (Phi) is 4.96. The Morgan fingerprint density at radius 2 is 1.66 bits per heavy atom. The molecular formula is C24H21N3O2. The quantitative estimate of drug-likeness (QED) is 0.491. The van der Waals surface area contributed by atoms with E-state index in [9.17, 15) is 9.59 Å². The highest BCUT2D eigenvalue weighted by atomic mass is 16.1. The summed E-state index contributed by atoms with van der Waals surface area (Å²) in [6.07, 6.45) is 0. The van der Waals surface area contributed by atoms with Gasteiger partial charge in [-0.1, -0.05) is 60.7 Å². The third-order valence-electron chi connectivity index (χ3n) is 4.87. The van der Waals surface area contributed by atoms with Crippen molar-refractivity contribution in [1.29, 1.82) is 0 Å². The Morgan fingerprint density at radius 3 is 2.34 bits per heavy atom. The smallest absolute Gasteiger partial charge is 0.291 e. The van der Waals surface area contributed by atoms with E-state index in [1.165, 1.54) is 11.6 Å². The van der Waals surface area contributed by atoms with Crippen molar-refractivity contribution in [3.05, 3.63) is 88.7 Å². The number of nitrogens with zero attached hydrogens (tertiary/aromatic N) is 2. The summed E-state index contributed by atoms with van der Waals surface area (Å²) >= 11 is 0. The van der Waals surface area contributed by atoms with Crippen LogP contribution in [0, 0.1) is 0 Å². The van der Waals surface area contributed by atoms with Crippen molar-refractivity contribution in [2.75, 3.05) is 5.32 Å². The maximum absolute atomic E-state index is 13.1. The number of benzene rings is 3. The van der Waals surface area contributed by atoms with Gasteiger partial charge in [0.25, 0.3) is 5.56 Å². The molecule has 1 heterocycles. The van der Waals surface area contributed by atoms with Gasteiger partial charge in [-0.3, -0.25) is 9.59 Å². The number of ketones is 1. The molecular weight excluding hydrogens is 362 g/mol. The third kappa shape index (κ3) is 3.55.